The Morgan fingerprint density at radius 3 is 3.13 bits per heavy atom. The van der Waals surface area contributed by atoms with Gasteiger partial charge in [0.2, 0.25) is 5.89 Å². The summed E-state index contributed by atoms with van der Waals surface area (Å²) < 4.78 is 11.1. The molecule has 1 atom stereocenters. The molecule has 4 nitrogen and oxygen atoms in total. The van der Waals surface area contributed by atoms with Gasteiger partial charge in [0, 0.05) is 6.61 Å². The van der Waals surface area contributed by atoms with Crippen LogP contribution in [0.5, 0.6) is 0 Å². The fourth-order valence-electron chi connectivity index (χ4n) is 1.64. The summed E-state index contributed by atoms with van der Waals surface area (Å²) in [5.74, 6) is 1.20. The van der Waals surface area contributed by atoms with E-state index in [1.165, 1.54) is 0 Å². The summed E-state index contributed by atoms with van der Waals surface area (Å²) in [6.07, 6.45) is 2.05. The molecule has 0 saturated carbocycles. The van der Waals surface area contributed by atoms with Crippen LogP contribution in [-0.2, 0) is 4.74 Å². The quantitative estimate of drug-likeness (QED) is 0.783. The zero-order valence-corrected chi connectivity index (χ0v) is 8.87. The molecule has 5 heteroatoms. The van der Waals surface area contributed by atoms with Crippen LogP contribution >= 0.6 is 11.3 Å². The lowest BCUT2D eigenvalue weighted by Gasteiger charge is -2.00. The molecule has 15 heavy (non-hydrogen) atoms. The summed E-state index contributed by atoms with van der Waals surface area (Å²) >= 11 is 1.59. The average Bonchev–Trinajstić information content (AvgIpc) is 3.02. The number of aromatic nitrogens is 2. The van der Waals surface area contributed by atoms with Gasteiger partial charge in [-0.05, 0) is 24.3 Å². The second kappa shape index (κ2) is 3.75. The normalized spacial score (nSPS) is 20.9. The molecule has 0 aromatic carbocycles. The van der Waals surface area contributed by atoms with Crippen LogP contribution in [-0.4, -0.2) is 16.8 Å². The first-order valence-corrected chi connectivity index (χ1v) is 5.80. The Labute approximate surface area is 90.9 Å². The molecule has 1 fully saturated rings. The van der Waals surface area contributed by atoms with E-state index in [9.17, 15) is 0 Å². The van der Waals surface area contributed by atoms with Crippen molar-refractivity contribution in [3.05, 3.63) is 23.4 Å². The van der Waals surface area contributed by atoms with E-state index in [4.69, 9.17) is 9.15 Å². The molecule has 1 aliphatic heterocycles. The molecule has 0 spiro atoms. The molecule has 2 aromatic rings. The van der Waals surface area contributed by atoms with Crippen LogP contribution in [0.15, 0.2) is 21.9 Å². The number of nitrogens with zero attached hydrogens (tertiary/aromatic N) is 2. The Hall–Kier alpha value is -1.20. The van der Waals surface area contributed by atoms with Gasteiger partial charge in [0.1, 0.15) is 6.10 Å². The minimum atomic E-state index is 0.00575. The molecule has 2 aromatic heterocycles. The average molecular weight is 222 g/mol. The summed E-state index contributed by atoms with van der Waals surface area (Å²) in [5, 5.41) is 10.0. The fourth-order valence-corrected chi connectivity index (χ4v) is 2.28. The second-order valence-corrected chi connectivity index (χ2v) is 4.37. The van der Waals surface area contributed by atoms with Crippen molar-refractivity contribution in [1.82, 2.24) is 10.2 Å². The van der Waals surface area contributed by atoms with Crippen molar-refractivity contribution in [1.29, 1.82) is 0 Å². The molecule has 1 aliphatic rings. The number of hydrogen-bond donors (Lipinski definition) is 0. The number of ether oxygens (including phenoxy) is 1. The molecule has 0 bridgehead atoms. The van der Waals surface area contributed by atoms with Crippen molar-refractivity contribution in [3.8, 4) is 10.8 Å². The zero-order chi connectivity index (χ0) is 10.1. The van der Waals surface area contributed by atoms with E-state index in [0.717, 1.165) is 24.3 Å². The first-order valence-electron chi connectivity index (χ1n) is 4.92. The van der Waals surface area contributed by atoms with Gasteiger partial charge in [0.05, 0.1) is 4.88 Å². The van der Waals surface area contributed by atoms with Gasteiger partial charge in [-0.2, -0.15) is 0 Å². The third-order valence-corrected chi connectivity index (χ3v) is 3.24. The van der Waals surface area contributed by atoms with Crippen molar-refractivity contribution in [3.63, 3.8) is 0 Å². The van der Waals surface area contributed by atoms with Crippen LogP contribution in [0.1, 0.15) is 24.8 Å². The zero-order valence-electron chi connectivity index (χ0n) is 8.05. The van der Waals surface area contributed by atoms with E-state index in [-0.39, 0.29) is 6.10 Å². The van der Waals surface area contributed by atoms with Gasteiger partial charge < -0.3 is 9.15 Å². The minimum Gasteiger partial charge on any atom is -0.417 e. The highest BCUT2D eigenvalue weighted by Crippen LogP contribution is 2.30. The molecule has 3 rings (SSSR count). The molecule has 0 N–H and O–H groups in total. The lowest BCUT2D eigenvalue weighted by Crippen LogP contribution is -1.95. The van der Waals surface area contributed by atoms with Crippen LogP contribution < -0.4 is 0 Å². The Bertz CT molecular complexity index is 432. The van der Waals surface area contributed by atoms with Crippen molar-refractivity contribution in [2.24, 2.45) is 0 Å². The number of rotatable bonds is 2. The minimum absolute atomic E-state index is 0.00575. The first kappa shape index (κ1) is 9.06. The maximum absolute atomic E-state index is 5.58. The lowest BCUT2D eigenvalue weighted by molar-refractivity contribution is 0.0896. The van der Waals surface area contributed by atoms with Crippen molar-refractivity contribution >= 4 is 11.3 Å². The molecule has 0 radical (unpaired) electrons. The molecule has 0 unspecified atom stereocenters. The molecule has 1 saturated heterocycles. The van der Waals surface area contributed by atoms with Gasteiger partial charge in [-0.15, -0.1) is 21.5 Å². The summed E-state index contributed by atoms with van der Waals surface area (Å²) in [4.78, 5) is 1.01. The standard InChI is InChI=1S/C10H10N2O2S/c1-3-7(13-5-1)9-11-12-10(14-9)8-4-2-6-15-8/h2,4,6-7H,1,3,5H2/t7-/m1/s1. The van der Waals surface area contributed by atoms with E-state index in [2.05, 4.69) is 10.2 Å². The molecule has 78 valence electrons. The number of hydrogen-bond acceptors (Lipinski definition) is 5. The van der Waals surface area contributed by atoms with Crippen LogP contribution in [0.3, 0.4) is 0 Å². The monoisotopic (exact) mass is 222 g/mol. The highest BCUT2D eigenvalue weighted by Gasteiger charge is 2.23. The Kier molecular flexibility index (Phi) is 2.26. The second-order valence-electron chi connectivity index (χ2n) is 3.42. The maximum atomic E-state index is 5.58. The van der Waals surface area contributed by atoms with Gasteiger partial charge in [-0.1, -0.05) is 6.07 Å². The van der Waals surface area contributed by atoms with Gasteiger partial charge in [-0.3, -0.25) is 0 Å². The van der Waals surface area contributed by atoms with E-state index in [1.54, 1.807) is 11.3 Å². The van der Waals surface area contributed by atoms with Crippen LogP contribution in [0.4, 0.5) is 0 Å². The maximum Gasteiger partial charge on any atom is 0.257 e. The molecular weight excluding hydrogens is 212 g/mol. The molecule has 3 heterocycles. The largest absolute Gasteiger partial charge is 0.417 e. The van der Waals surface area contributed by atoms with E-state index in [1.807, 2.05) is 17.5 Å². The highest BCUT2D eigenvalue weighted by atomic mass is 32.1. The SMILES string of the molecule is c1csc(-c2nnc([C@H]3CCCO3)o2)c1. The van der Waals surface area contributed by atoms with Gasteiger partial charge in [-0.25, -0.2) is 0 Å². The lowest BCUT2D eigenvalue weighted by atomic mass is 10.2. The first-order chi connectivity index (χ1) is 7.43. The number of thiophene rings is 1. The summed E-state index contributed by atoms with van der Waals surface area (Å²) in [6.45, 7) is 0.793. The van der Waals surface area contributed by atoms with Gasteiger partial charge >= 0.3 is 0 Å². The van der Waals surface area contributed by atoms with Crippen LogP contribution in [0.2, 0.25) is 0 Å². The predicted octanol–water partition coefficient (Wildman–Crippen LogP) is 2.65. The molecule has 0 aliphatic carbocycles. The molecule has 0 amide bonds. The van der Waals surface area contributed by atoms with E-state index < -0.39 is 0 Å². The smallest absolute Gasteiger partial charge is 0.257 e. The van der Waals surface area contributed by atoms with Crippen molar-refractivity contribution in [2.45, 2.75) is 18.9 Å². The van der Waals surface area contributed by atoms with Crippen LogP contribution in [0, 0.1) is 0 Å². The predicted molar refractivity (Wildman–Crippen MR) is 55.5 cm³/mol. The highest BCUT2D eigenvalue weighted by molar-refractivity contribution is 7.13. The Balaban J connectivity index is 1.87. The summed E-state index contributed by atoms with van der Waals surface area (Å²) in [6, 6.07) is 3.94. The van der Waals surface area contributed by atoms with Crippen LogP contribution in [0.25, 0.3) is 10.8 Å². The Morgan fingerprint density at radius 1 is 1.40 bits per heavy atom. The molecular formula is C10H10N2O2S. The third kappa shape index (κ3) is 1.68. The van der Waals surface area contributed by atoms with Gasteiger partial charge in [0.15, 0.2) is 0 Å². The summed E-state index contributed by atoms with van der Waals surface area (Å²) in [7, 11) is 0. The van der Waals surface area contributed by atoms with E-state index in [0.29, 0.717) is 11.8 Å². The topological polar surface area (TPSA) is 48.2 Å². The Morgan fingerprint density at radius 2 is 2.40 bits per heavy atom. The van der Waals surface area contributed by atoms with Gasteiger partial charge in [0.25, 0.3) is 5.89 Å². The van der Waals surface area contributed by atoms with Crippen molar-refractivity contribution < 1.29 is 9.15 Å². The van der Waals surface area contributed by atoms with Crippen molar-refractivity contribution in [2.75, 3.05) is 6.61 Å². The third-order valence-electron chi connectivity index (χ3n) is 2.38. The fraction of sp³-hybridized carbons (Fsp3) is 0.400. The van der Waals surface area contributed by atoms with E-state index >= 15 is 0 Å². The summed E-state index contributed by atoms with van der Waals surface area (Å²) in [5.41, 5.74) is 0.